The highest BCUT2D eigenvalue weighted by atomic mass is 19.4. The van der Waals surface area contributed by atoms with Crippen LogP contribution in [0.15, 0.2) is 48.5 Å². The van der Waals surface area contributed by atoms with Crippen LogP contribution < -0.4 is 10.1 Å². The maximum Gasteiger partial charge on any atom is 0.416 e. The topological polar surface area (TPSA) is 58.6 Å². The lowest BCUT2D eigenvalue weighted by atomic mass is 9.82. The van der Waals surface area contributed by atoms with Gasteiger partial charge in [0.15, 0.2) is 0 Å². The average molecular weight is 446 g/mol. The van der Waals surface area contributed by atoms with Crippen LogP contribution >= 0.6 is 0 Å². The number of hydrogen-bond donors (Lipinski definition) is 1. The zero-order valence-electron chi connectivity index (χ0n) is 17.7. The summed E-state index contributed by atoms with van der Waals surface area (Å²) in [4.78, 5) is 27.1. The van der Waals surface area contributed by atoms with Crippen LogP contribution in [-0.2, 0) is 11.0 Å². The predicted molar refractivity (Wildman–Crippen MR) is 112 cm³/mol. The second-order valence-corrected chi connectivity index (χ2v) is 8.35. The normalized spacial score (nSPS) is 23.3. The van der Waals surface area contributed by atoms with E-state index in [-0.39, 0.29) is 17.5 Å². The molecule has 0 bridgehead atoms. The van der Waals surface area contributed by atoms with E-state index in [0.29, 0.717) is 44.5 Å². The Labute approximate surface area is 184 Å². The number of nitrogens with one attached hydrogen (secondary N) is 1. The minimum absolute atomic E-state index is 0.0946. The summed E-state index contributed by atoms with van der Waals surface area (Å²) in [5, 5.41) is 2.98. The van der Waals surface area contributed by atoms with Gasteiger partial charge in [-0.15, -0.1) is 0 Å². The molecule has 2 amide bonds. The molecular weight excluding hydrogens is 421 g/mol. The number of hydrogen-bond acceptors (Lipinski definition) is 3. The van der Waals surface area contributed by atoms with E-state index in [9.17, 15) is 22.8 Å². The molecule has 2 heterocycles. The number of likely N-dealkylation sites (tertiary alicyclic amines) is 1. The first kappa shape index (κ1) is 22.2. The summed E-state index contributed by atoms with van der Waals surface area (Å²) in [7, 11) is 0. The standard InChI is InChI=1S/C24H25F3N2O3/c1-2-29-14-13-23(12-11-21(29)30)15-19(18-5-3-4-6-20(18)32-23)28-22(31)16-7-9-17(10-8-16)24(25,26)27/h3-10,19H,2,11-15H2,1H3,(H,28,31)/t19-,23+/m0/s1. The Balaban J connectivity index is 1.57. The summed E-state index contributed by atoms with van der Waals surface area (Å²) < 4.78 is 44.9. The van der Waals surface area contributed by atoms with Crippen LogP contribution in [0.4, 0.5) is 13.2 Å². The van der Waals surface area contributed by atoms with Crippen LogP contribution in [-0.4, -0.2) is 35.4 Å². The summed E-state index contributed by atoms with van der Waals surface area (Å²) in [5.74, 6) is 0.307. The molecule has 5 nitrogen and oxygen atoms in total. The molecule has 1 spiro atoms. The molecule has 170 valence electrons. The number of ether oxygens (including phenoxy) is 1. The van der Waals surface area contributed by atoms with Gasteiger partial charge in [-0.2, -0.15) is 13.2 Å². The molecule has 1 fully saturated rings. The van der Waals surface area contributed by atoms with Crippen LogP contribution in [0.5, 0.6) is 5.75 Å². The van der Waals surface area contributed by atoms with E-state index in [0.717, 1.165) is 17.7 Å². The molecule has 32 heavy (non-hydrogen) atoms. The minimum Gasteiger partial charge on any atom is -0.487 e. The lowest BCUT2D eigenvalue weighted by Gasteiger charge is -2.42. The number of fused-ring (bicyclic) bond motifs is 1. The number of benzene rings is 2. The number of amides is 2. The average Bonchev–Trinajstić information content (AvgIpc) is 2.92. The minimum atomic E-state index is -4.45. The second-order valence-electron chi connectivity index (χ2n) is 8.35. The van der Waals surface area contributed by atoms with Gasteiger partial charge in [0.05, 0.1) is 11.6 Å². The van der Waals surface area contributed by atoms with E-state index >= 15 is 0 Å². The SMILES string of the molecule is CCN1CC[C@]2(CCC1=O)C[C@H](NC(=O)c1ccc(C(F)(F)F)cc1)c1ccccc1O2. The first-order valence-corrected chi connectivity index (χ1v) is 10.7. The van der Waals surface area contributed by atoms with Crippen molar-refractivity contribution in [3.05, 3.63) is 65.2 Å². The van der Waals surface area contributed by atoms with Gasteiger partial charge in [-0.1, -0.05) is 18.2 Å². The fraction of sp³-hybridized carbons (Fsp3) is 0.417. The van der Waals surface area contributed by atoms with Crippen LogP contribution in [0.3, 0.4) is 0 Å². The van der Waals surface area contributed by atoms with Crippen LogP contribution in [0.2, 0.25) is 0 Å². The molecule has 2 aliphatic heterocycles. The molecule has 1 N–H and O–H groups in total. The Kier molecular flexibility index (Phi) is 5.88. The first-order valence-electron chi connectivity index (χ1n) is 10.7. The molecule has 0 aromatic heterocycles. The molecule has 2 aliphatic rings. The number of halogens is 3. The number of para-hydroxylation sites is 1. The van der Waals surface area contributed by atoms with E-state index in [1.54, 1.807) is 0 Å². The highest BCUT2D eigenvalue weighted by molar-refractivity contribution is 5.94. The molecule has 2 aromatic carbocycles. The zero-order chi connectivity index (χ0) is 22.9. The van der Waals surface area contributed by atoms with Gasteiger partial charge in [0.2, 0.25) is 5.91 Å². The molecule has 0 radical (unpaired) electrons. The van der Waals surface area contributed by atoms with Crippen molar-refractivity contribution in [2.75, 3.05) is 13.1 Å². The lowest BCUT2D eigenvalue weighted by Crippen LogP contribution is -2.46. The Morgan fingerprint density at radius 1 is 1.16 bits per heavy atom. The van der Waals surface area contributed by atoms with E-state index in [1.165, 1.54) is 12.1 Å². The van der Waals surface area contributed by atoms with Crippen molar-refractivity contribution in [3.8, 4) is 5.75 Å². The smallest absolute Gasteiger partial charge is 0.416 e. The van der Waals surface area contributed by atoms with Crippen molar-refractivity contribution in [1.29, 1.82) is 0 Å². The number of nitrogens with zero attached hydrogens (tertiary/aromatic N) is 1. The maximum atomic E-state index is 12.9. The van der Waals surface area contributed by atoms with Gasteiger partial charge in [0.25, 0.3) is 5.91 Å². The largest absolute Gasteiger partial charge is 0.487 e. The maximum absolute atomic E-state index is 12.9. The van der Waals surface area contributed by atoms with Crippen LogP contribution in [0.25, 0.3) is 0 Å². The number of rotatable bonds is 3. The van der Waals surface area contributed by atoms with Crippen LogP contribution in [0.1, 0.15) is 60.1 Å². The van der Waals surface area contributed by atoms with Gasteiger partial charge < -0.3 is 15.0 Å². The van der Waals surface area contributed by atoms with Crippen molar-refractivity contribution in [3.63, 3.8) is 0 Å². The number of carbonyl (C=O) groups excluding carboxylic acids is 2. The zero-order valence-corrected chi connectivity index (χ0v) is 17.7. The Morgan fingerprint density at radius 3 is 2.56 bits per heavy atom. The number of carbonyl (C=O) groups is 2. The van der Waals surface area contributed by atoms with Crippen molar-refractivity contribution in [2.45, 2.75) is 50.4 Å². The van der Waals surface area contributed by atoms with Gasteiger partial charge in [0.1, 0.15) is 11.4 Å². The first-order chi connectivity index (χ1) is 15.2. The van der Waals surface area contributed by atoms with Crippen LogP contribution in [0, 0.1) is 0 Å². The molecule has 2 aromatic rings. The number of alkyl halides is 3. The third-order valence-electron chi connectivity index (χ3n) is 6.34. The monoisotopic (exact) mass is 446 g/mol. The van der Waals surface area contributed by atoms with E-state index in [4.69, 9.17) is 4.74 Å². The third-order valence-corrected chi connectivity index (χ3v) is 6.34. The van der Waals surface area contributed by atoms with Gasteiger partial charge in [-0.05, 0) is 43.7 Å². The van der Waals surface area contributed by atoms with E-state index in [1.807, 2.05) is 36.1 Å². The fourth-order valence-corrected chi connectivity index (χ4v) is 4.52. The van der Waals surface area contributed by atoms with Crippen molar-refractivity contribution in [1.82, 2.24) is 10.2 Å². The van der Waals surface area contributed by atoms with E-state index in [2.05, 4.69) is 5.32 Å². The highest BCUT2D eigenvalue weighted by Crippen LogP contribution is 2.44. The second kappa shape index (κ2) is 8.48. The Morgan fingerprint density at radius 2 is 1.88 bits per heavy atom. The molecular formula is C24H25F3N2O3. The Hall–Kier alpha value is -3.03. The Bertz CT molecular complexity index is 1010. The predicted octanol–water partition coefficient (Wildman–Crippen LogP) is 4.73. The molecule has 2 atom stereocenters. The fourth-order valence-electron chi connectivity index (χ4n) is 4.52. The lowest BCUT2D eigenvalue weighted by molar-refractivity contribution is -0.137. The van der Waals surface area contributed by atoms with Gasteiger partial charge >= 0.3 is 6.18 Å². The van der Waals surface area contributed by atoms with Crippen molar-refractivity contribution >= 4 is 11.8 Å². The van der Waals surface area contributed by atoms with Crippen molar-refractivity contribution in [2.24, 2.45) is 0 Å². The summed E-state index contributed by atoms with van der Waals surface area (Å²) in [5.41, 5.74) is -0.412. The van der Waals surface area contributed by atoms with E-state index < -0.39 is 23.2 Å². The molecule has 0 saturated carbocycles. The summed E-state index contributed by atoms with van der Waals surface area (Å²) in [6.45, 7) is 3.16. The van der Waals surface area contributed by atoms with Gasteiger partial charge in [-0.25, -0.2) is 0 Å². The highest BCUT2D eigenvalue weighted by Gasteiger charge is 2.43. The molecule has 4 rings (SSSR count). The quantitative estimate of drug-likeness (QED) is 0.742. The summed E-state index contributed by atoms with van der Waals surface area (Å²) in [6, 6.07) is 11.2. The van der Waals surface area contributed by atoms with Gasteiger partial charge in [0, 0.05) is 43.5 Å². The summed E-state index contributed by atoms with van der Waals surface area (Å²) >= 11 is 0. The molecule has 0 unspecified atom stereocenters. The molecule has 0 aliphatic carbocycles. The molecule has 1 saturated heterocycles. The molecule has 8 heteroatoms. The van der Waals surface area contributed by atoms with Crippen molar-refractivity contribution < 1.29 is 27.5 Å². The summed E-state index contributed by atoms with van der Waals surface area (Å²) in [6.07, 6.45) is -2.40. The third kappa shape index (κ3) is 4.45. The van der Waals surface area contributed by atoms with Gasteiger partial charge in [-0.3, -0.25) is 9.59 Å².